The van der Waals surface area contributed by atoms with Gasteiger partial charge in [-0.3, -0.25) is 4.98 Å². The van der Waals surface area contributed by atoms with Crippen LogP contribution in [0, 0.1) is 6.92 Å². The fourth-order valence-corrected chi connectivity index (χ4v) is 2.12. The Hall–Kier alpha value is -0.930. The number of aromatic nitrogens is 1. The zero-order valence-electron chi connectivity index (χ0n) is 9.31. The van der Waals surface area contributed by atoms with Gasteiger partial charge in [0.1, 0.15) is 0 Å². The highest BCUT2D eigenvalue weighted by atomic mass is 16.5. The van der Waals surface area contributed by atoms with Gasteiger partial charge in [-0.15, -0.1) is 0 Å². The van der Waals surface area contributed by atoms with Gasteiger partial charge in [-0.2, -0.15) is 0 Å². The number of nitrogens with zero attached hydrogens (tertiary/aromatic N) is 1. The minimum Gasteiger partial charge on any atom is -0.373 e. The highest BCUT2D eigenvalue weighted by Gasteiger charge is 2.28. The Labute approximate surface area is 90.7 Å². The number of pyridine rings is 1. The van der Waals surface area contributed by atoms with Crippen LogP contribution in [0.5, 0.6) is 0 Å². The lowest BCUT2D eigenvalue weighted by atomic mass is 9.98. The van der Waals surface area contributed by atoms with Crippen LogP contribution >= 0.6 is 0 Å². The summed E-state index contributed by atoms with van der Waals surface area (Å²) in [6.07, 6.45) is 6.31. The van der Waals surface area contributed by atoms with Crippen molar-refractivity contribution in [3.63, 3.8) is 0 Å². The molecule has 3 atom stereocenters. The molecule has 0 saturated carbocycles. The monoisotopic (exact) mass is 206 g/mol. The second kappa shape index (κ2) is 4.29. The van der Waals surface area contributed by atoms with Gasteiger partial charge in [0.05, 0.1) is 18.2 Å². The zero-order chi connectivity index (χ0) is 10.8. The van der Waals surface area contributed by atoms with Crippen LogP contribution in [0.4, 0.5) is 0 Å². The van der Waals surface area contributed by atoms with Crippen molar-refractivity contribution in [1.29, 1.82) is 0 Å². The molecular weight excluding hydrogens is 188 g/mol. The Morgan fingerprint density at radius 2 is 2.33 bits per heavy atom. The highest BCUT2D eigenvalue weighted by Crippen LogP contribution is 2.29. The van der Waals surface area contributed by atoms with Crippen LogP contribution in [0.15, 0.2) is 18.5 Å². The number of hydrogen-bond acceptors (Lipinski definition) is 3. The van der Waals surface area contributed by atoms with Crippen molar-refractivity contribution in [2.75, 3.05) is 0 Å². The Morgan fingerprint density at radius 3 is 2.93 bits per heavy atom. The number of rotatable bonds is 2. The molecule has 1 aliphatic rings. The van der Waals surface area contributed by atoms with E-state index >= 15 is 0 Å². The molecule has 2 N–H and O–H groups in total. The average molecular weight is 206 g/mol. The van der Waals surface area contributed by atoms with Crippen LogP contribution in [0.25, 0.3) is 0 Å². The third-order valence-corrected chi connectivity index (χ3v) is 3.10. The lowest BCUT2D eigenvalue weighted by Gasteiger charge is -2.20. The van der Waals surface area contributed by atoms with Crippen molar-refractivity contribution in [3.8, 4) is 0 Å². The topological polar surface area (TPSA) is 48.1 Å². The van der Waals surface area contributed by atoms with E-state index in [1.54, 1.807) is 6.20 Å². The second-order valence-electron chi connectivity index (χ2n) is 4.32. The van der Waals surface area contributed by atoms with E-state index in [2.05, 4.69) is 18.8 Å². The zero-order valence-corrected chi connectivity index (χ0v) is 9.31. The van der Waals surface area contributed by atoms with Gasteiger partial charge in [-0.05, 0) is 43.9 Å². The number of hydrogen-bond donors (Lipinski definition) is 1. The predicted octanol–water partition coefficient (Wildman–Crippen LogP) is 1.96. The standard InChI is InChI=1S/C12H18N2O/c1-8-5-6-14-7-10(8)12(13)11-4-3-9(2)15-11/h5-7,9,11-12H,3-4,13H2,1-2H3. The van der Waals surface area contributed by atoms with Gasteiger partial charge >= 0.3 is 0 Å². The van der Waals surface area contributed by atoms with Crippen molar-refractivity contribution in [2.45, 2.75) is 44.9 Å². The third-order valence-electron chi connectivity index (χ3n) is 3.10. The van der Waals surface area contributed by atoms with E-state index in [0.29, 0.717) is 6.10 Å². The van der Waals surface area contributed by atoms with Crippen molar-refractivity contribution < 1.29 is 4.74 Å². The van der Waals surface area contributed by atoms with Gasteiger partial charge < -0.3 is 10.5 Å². The molecule has 0 amide bonds. The van der Waals surface area contributed by atoms with Crippen molar-refractivity contribution in [2.24, 2.45) is 5.73 Å². The first kappa shape index (κ1) is 10.6. The number of aryl methyl sites for hydroxylation is 1. The molecule has 0 bridgehead atoms. The molecule has 0 radical (unpaired) electrons. The summed E-state index contributed by atoms with van der Waals surface area (Å²) in [5.41, 5.74) is 8.50. The Morgan fingerprint density at radius 1 is 1.53 bits per heavy atom. The minimum absolute atomic E-state index is 0.0383. The Bertz CT molecular complexity index is 340. The van der Waals surface area contributed by atoms with E-state index < -0.39 is 0 Å². The average Bonchev–Trinajstić information content (AvgIpc) is 2.65. The van der Waals surface area contributed by atoms with Gasteiger partial charge in [0.15, 0.2) is 0 Å². The Balaban J connectivity index is 2.14. The SMILES string of the molecule is Cc1ccncc1C(N)C1CCC(C)O1. The molecule has 1 saturated heterocycles. The molecule has 1 aromatic rings. The molecule has 2 heterocycles. The van der Waals surface area contributed by atoms with Crippen molar-refractivity contribution >= 4 is 0 Å². The maximum Gasteiger partial charge on any atom is 0.0772 e. The molecule has 1 aliphatic heterocycles. The van der Waals surface area contributed by atoms with Crippen LogP contribution in [-0.2, 0) is 4.74 Å². The Kier molecular flexibility index (Phi) is 3.03. The van der Waals surface area contributed by atoms with Gasteiger partial charge in [0.25, 0.3) is 0 Å². The summed E-state index contributed by atoms with van der Waals surface area (Å²) in [4.78, 5) is 4.12. The van der Waals surface area contributed by atoms with Crippen LogP contribution < -0.4 is 5.73 Å². The lowest BCUT2D eigenvalue weighted by molar-refractivity contribution is 0.0399. The summed E-state index contributed by atoms with van der Waals surface area (Å²) >= 11 is 0. The molecule has 1 fully saturated rings. The molecule has 2 rings (SSSR count). The third kappa shape index (κ3) is 2.19. The maximum atomic E-state index is 6.20. The molecule has 3 nitrogen and oxygen atoms in total. The first-order valence-corrected chi connectivity index (χ1v) is 5.50. The van der Waals surface area contributed by atoms with Crippen molar-refractivity contribution in [1.82, 2.24) is 4.98 Å². The normalized spacial score (nSPS) is 27.9. The molecule has 3 heteroatoms. The van der Waals surface area contributed by atoms with Crippen molar-refractivity contribution in [3.05, 3.63) is 29.6 Å². The van der Waals surface area contributed by atoms with Gasteiger partial charge in [0.2, 0.25) is 0 Å². The molecule has 15 heavy (non-hydrogen) atoms. The molecule has 0 spiro atoms. The lowest BCUT2D eigenvalue weighted by Crippen LogP contribution is -2.27. The largest absolute Gasteiger partial charge is 0.373 e. The smallest absolute Gasteiger partial charge is 0.0772 e. The first-order chi connectivity index (χ1) is 7.18. The van der Waals surface area contributed by atoms with Crippen LogP contribution in [0.3, 0.4) is 0 Å². The maximum absolute atomic E-state index is 6.20. The quantitative estimate of drug-likeness (QED) is 0.804. The number of nitrogens with two attached hydrogens (primary N) is 1. The predicted molar refractivity (Wildman–Crippen MR) is 59.5 cm³/mol. The fraction of sp³-hybridized carbons (Fsp3) is 0.583. The summed E-state index contributed by atoms with van der Waals surface area (Å²) in [7, 11) is 0. The molecular formula is C12H18N2O. The molecule has 0 aromatic carbocycles. The molecule has 82 valence electrons. The first-order valence-electron chi connectivity index (χ1n) is 5.50. The van der Waals surface area contributed by atoms with Gasteiger partial charge in [0, 0.05) is 12.4 Å². The number of ether oxygens (including phenoxy) is 1. The summed E-state index contributed by atoms with van der Waals surface area (Å²) in [6, 6.07) is 1.96. The molecule has 0 aliphatic carbocycles. The van der Waals surface area contributed by atoms with Crippen LogP contribution in [0.1, 0.15) is 36.9 Å². The fourth-order valence-electron chi connectivity index (χ4n) is 2.12. The van der Waals surface area contributed by atoms with E-state index in [4.69, 9.17) is 10.5 Å². The highest BCUT2D eigenvalue weighted by molar-refractivity contribution is 5.25. The summed E-state index contributed by atoms with van der Waals surface area (Å²) in [5.74, 6) is 0. The van der Waals surface area contributed by atoms with Crippen LogP contribution in [0.2, 0.25) is 0 Å². The summed E-state index contributed by atoms with van der Waals surface area (Å²) in [6.45, 7) is 4.16. The van der Waals surface area contributed by atoms with E-state index in [1.807, 2.05) is 12.3 Å². The van der Waals surface area contributed by atoms with E-state index in [-0.39, 0.29) is 12.1 Å². The molecule has 3 unspecified atom stereocenters. The summed E-state index contributed by atoms with van der Waals surface area (Å²) < 4.78 is 5.78. The van der Waals surface area contributed by atoms with Gasteiger partial charge in [-0.25, -0.2) is 0 Å². The molecule has 1 aromatic heterocycles. The minimum atomic E-state index is -0.0383. The van der Waals surface area contributed by atoms with Crippen LogP contribution in [-0.4, -0.2) is 17.2 Å². The van der Waals surface area contributed by atoms with E-state index in [9.17, 15) is 0 Å². The summed E-state index contributed by atoms with van der Waals surface area (Å²) in [5, 5.41) is 0. The second-order valence-corrected chi connectivity index (χ2v) is 4.32. The van der Waals surface area contributed by atoms with E-state index in [0.717, 1.165) is 18.4 Å². The van der Waals surface area contributed by atoms with E-state index in [1.165, 1.54) is 5.56 Å². The van der Waals surface area contributed by atoms with Gasteiger partial charge in [-0.1, -0.05) is 0 Å².